The largest absolute Gasteiger partial charge is 0.207 e. The Morgan fingerprint density at radius 1 is 1.08 bits per heavy atom. The zero-order chi connectivity index (χ0) is 9.84. The van der Waals surface area contributed by atoms with Gasteiger partial charge in [0.25, 0.3) is 0 Å². The number of aryl methyl sites for hydroxylation is 1. The topological polar surface area (TPSA) is 23.8 Å². The lowest BCUT2D eigenvalue weighted by molar-refractivity contribution is 0.490. The number of nitrogens with zero attached hydrogens (tertiary/aromatic N) is 1. The molecule has 0 amide bonds. The van der Waals surface area contributed by atoms with Crippen LogP contribution in [0.2, 0.25) is 0 Å². The number of rotatable bonds is 2. The van der Waals surface area contributed by atoms with Crippen molar-refractivity contribution in [2.45, 2.75) is 12.8 Å². The molecule has 0 radical (unpaired) electrons. The second-order valence-electron chi connectivity index (χ2n) is 2.52. The van der Waals surface area contributed by atoms with Gasteiger partial charge in [-0.05, 0) is 18.1 Å². The molecule has 0 aromatic heterocycles. The van der Waals surface area contributed by atoms with E-state index in [-0.39, 0.29) is 18.4 Å². The predicted octanol–water partition coefficient (Wildman–Crippen LogP) is 2.56. The fourth-order valence-corrected chi connectivity index (χ4v) is 0.946. The molecule has 1 aromatic carbocycles. The van der Waals surface area contributed by atoms with E-state index in [0.29, 0.717) is 6.07 Å². The quantitative estimate of drug-likeness (QED) is 0.649. The van der Waals surface area contributed by atoms with Gasteiger partial charge in [0.1, 0.15) is 5.82 Å². The molecule has 1 nitrogen and oxygen atoms in total. The molecular weight excluding hydrogens is 179 g/mol. The summed E-state index contributed by atoms with van der Waals surface area (Å²) in [6, 6.07) is 3.06. The van der Waals surface area contributed by atoms with Crippen LogP contribution in [0.1, 0.15) is 12.0 Å². The predicted molar refractivity (Wildman–Crippen MR) is 40.3 cm³/mol. The SMILES string of the molecule is N#CCCc1cc(F)c(F)cc1F. The Morgan fingerprint density at radius 3 is 2.31 bits per heavy atom. The fraction of sp³-hybridized carbons (Fsp3) is 0.222. The van der Waals surface area contributed by atoms with Gasteiger partial charge in [-0.2, -0.15) is 5.26 Å². The molecule has 0 saturated carbocycles. The van der Waals surface area contributed by atoms with E-state index >= 15 is 0 Å². The van der Waals surface area contributed by atoms with Crippen LogP contribution < -0.4 is 0 Å². The average molecular weight is 185 g/mol. The van der Waals surface area contributed by atoms with Crippen LogP contribution >= 0.6 is 0 Å². The first-order valence-electron chi connectivity index (χ1n) is 3.65. The molecule has 0 aliphatic carbocycles. The van der Waals surface area contributed by atoms with Gasteiger partial charge >= 0.3 is 0 Å². The summed E-state index contributed by atoms with van der Waals surface area (Å²) in [6.07, 6.45) is 0.182. The van der Waals surface area contributed by atoms with E-state index in [1.54, 1.807) is 6.07 Å². The summed E-state index contributed by atoms with van der Waals surface area (Å²) in [7, 11) is 0. The number of halogens is 3. The average Bonchev–Trinajstić information content (AvgIpc) is 2.09. The van der Waals surface area contributed by atoms with Gasteiger partial charge in [-0.15, -0.1) is 0 Å². The Hall–Kier alpha value is -1.50. The van der Waals surface area contributed by atoms with Crippen LogP contribution in [0.15, 0.2) is 12.1 Å². The number of benzene rings is 1. The minimum absolute atomic E-state index is 0.0282. The zero-order valence-electron chi connectivity index (χ0n) is 6.65. The lowest BCUT2D eigenvalue weighted by Crippen LogP contribution is -1.94. The second kappa shape index (κ2) is 3.94. The zero-order valence-corrected chi connectivity index (χ0v) is 6.65. The van der Waals surface area contributed by atoms with Gasteiger partial charge in [-0.1, -0.05) is 0 Å². The van der Waals surface area contributed by atoms with Crippen LogP contribution in [-0.4, -0.2) is 0 Å². The molecule has 0 saturated heterocycles. The van der Waals surface area contributed by atoms with Crippen molar-refractivity contribution >= 4 is 0 Å². The molecule has 13 heavy (non-hydrogen) atoms. The maximum absolute atomic E-state index is 12.8. The smallest absolute Gasteiger partial charge is 0.161 e. The van der Waals surface area contributed by atoms with E-state index in [1.807, 2.05) is 0 Å². The third-order valence-electron chi connectivity index (χ3n) is 1.60. The minimum atomic E-state index is -1.21. The van der Waals surface area contributed by atoms with Crippen molar-refractivity contribution in [3.05, 3.63) is 35.1 Å². The van der Waals surface area contributed by atoms with Crippen LogP contribution in [0.25, 0.3) is 0 Å². The summed E-state index contributed by atoms with van der Waals surface area (Å²) in [5.74, 6) is -3.11. The second-order valence-corrected chi connectivity index (χ2v) is 2.52. The number of hydrogen-bond acceptors (Lipinski definition) is 1. The van der Waals surface area contributed by atoms with Crippen LogP contribution in [0, 0.1) is 28.8 Å². The van der Waals surface area contributed by atoms with Crippen LogP contribution in [0.3, 0.4) is 0 Å². The van der Waals surface area contributed by atoms with E-state index in [0.717, 1.165) is 6.07 Å². The van der Waals surface area contributed by atoms with E-state index in [2.05, 4.69) is 0 Å². The molecule has 1 aromatic rings. The Kier molecular flexibility index (Phi) is 2.91. The lowest BCUT2D eigenvalue weighted by Gasteiger charge is -2.00. The molecular formula is C9H6F3N. The monoisotopic (exact) mass is 185 g/mol. The third-order valence-corrected chi connectivity index (χ3v) is 1.60. The van der Waals surface area contributed by atoms with Crippen molar-refractivity contribution in [1.82, 2.24) is 0 Å². The number of hydrogen-bond donors (Lipinski definition) is 0. The van der Waals surface area contributed by atoms with Gasteiger partial charge < -0.3 is 0 Å². The molecule has 0 unspecified atom stereocenters. The maximum atomic E-state index is 12.8. The molecule has 0 fully saturated rings. The summed E-state index contributed by atoms with van der Waals surface area (Å²) in [4.78, 5) is 0. The molecule has 0 heterocycles. The molecule has 1 rings (SSSR count). The highest BCUT2D eigenvalue weighted by Gasteiger charge is 2.08. The van der Waals surface area contributed by atoms with Crippen molar-refractivity contribution in [3.63, 3.8) is 0 Å². The Labute approximate surface area is 73.4 Å². The molecule has 0 bridgehead atoms. The van der Waals surface area contributed by atoms with E-state index < -0.39 is 17.5 Å². The van der Waals surface area contributed by atoms with Crippen molar-refractivity contribution < 1.29 is 13.2 Å². The van der Waals surface area contributed by atoms with Crippen LogP contribution in [-0.2, 0) is 6.42 Å². The van der Waals surface area contributed by atoms with E-state index in [4.69, 9.17) is 5.26 Å². The van der Waals surface area contributed by atoms with E-state index in [9.17, 15) is 13.2 Å². The van der Waals surface area contributed by atoms with Gasteiger partial charge in [-0.3, -0.25) is 0 Å². The molecule has 0 aliphatic heterocycles. The summed E-state index contributed by atoms with van der Waals surface area (Å²) >= 11 is 0. The summed E-state index contributed by atoms with van der Waals surface area (Å²) < 4.78 is 37.8. The molecule has 0 N–H and O–H groups in total. The van der Waals surface area contributed by atoms with Crippen molar-refractivity contribution in [2.75, 3.05) is 0 Å². The highest BCUT2D eigenvalue weighted by molar-refractivity contribution is 5.20. The highest BCUT2D eigenvalue weighted by atomic mass is 19.2. The molecule has 0 spiro atoms. The number of nitriles is 1. The maximum Gasteiger partial charge on any atom is 0.161 e. The van der Waals surface area contributed by atoms with Gasteiger partial charge in [0.15, 0.2) is 11.6 Å². The first-order valence-corrected chi connectivity index (χ1v) is 3.65. The van der Waals surface area contributed by atoms with Crippen molar-refractivity contribution in [1.29, 1.82) is 5.26 Å². The Bertz CT molecular complexity index is 355. The first-order chi connectivity index (χ1) is 6.15. The standard InChI is InChI=1S/C9H6F3N/c10-7-5-9(12)8(11)4-6(7)2-1-3-13/h4-5H,1-2H2. The fourth-order valence-electron chi connectivity index (χ4n) is 0.946. The highest BCUT2D eigenvalue weighted by Crippen LogP contribution is 2.14. The Morgan fingerprint density at radius 2 is 1.69 bits per heavy atom. The summed E-state index contributed by atoms with van der Waals surface area (Å²) in [5, 5.41) is 8.20. The Balaban J connectivity index is 2.96. The molecule has 68 valence electrons. The molecule has 4 heteroatoms. The third kappa shape index (κ3) is 2.22. The van der Waals surface area contributed by atoms with Crippen molar-refractivity contribution in [2.24, 2.45) is 0 Å². The minimum Gasteiger partial charge on any atom is -0.207 e. The normalized spacial score (nSPS) is 9.69. The van der Waals surface area contributed by atoms with Crippen molar-refractivity contribution in [3.8, 4) is 6.07 Å². The van der Waals surface area contributed by atoms with Gasteiger partial charge in [0, 0.05) is 12.5 Å². The lowest BCUT2D eigenvalue weighted by atomic mass is 10.1. The van der Waals surface area contributed by atoms with Crippen LogP contribution in [0.5, 0.6) is 0 Å². The van der Waals surface area contributed by atoms with Gasteiger partial charge in [-0.25, -0.2) is 13.2 Å². The van der Waals surface area contributed by atoms with E-state index in [1.165, 1.54) is 0 Å². The van der Waals surface area contributed by atoms with Gasteiger partial charge in [0.2, 0.25) is 0 Å². The summed E-state index contributed by atoms with van der Waals surface area (Å²) in [5.41, 5.74) is 0.0282. The first kappa shape index (κ1) is 9.59. The molecule has 0 aliphatic rings. The molecule has 0 atom stereocenters. The summed E-state index contributed by atoms with van der Waals surface area (Å²) in [6.45, 7) is 0. The van der Waals surface area contributed by atoms with Gasteiger partial charge in [0.05, 0.1) is 6.07 Å². The van der Waals surface area contributed by atoms with Crippen LogP contribution in [0.4, 0.5) is 13.2 Å².